The van der Waals surface area contributed by atoms with E-state index in [1.807, 2.05) is 6.07 Å². The molecule has 1 heterocycles. The molecule has 1 aliphatic rings. The summed E-state index contributed by atoms with van der Waals surface area (Å²) >= 11 is 0. The highest BCUT2D eigenvalue weighted by Gasteiger charge is 2.17. The molecule has 1 fully saturated rings. The molecule has 1 aromatic rings. The monoisotopic (exact) mass is 251 g/mol. The largest absolute Gasteiger partial charge is 0.508 e. The Morgan fingerprint density at radius 2 is 1.78 bits per heavy atom. The van der Waals surface area contributed by atoms with Crippen LogP contribution in [0.25, 0.3) is 0 Å². The summed E-state index contributed by atoms with van der Waals surface area (Å²) in [7, 11) is 3.19. The van der Waals surface area contributed by atoms with Crippen molar-refractivity contribution in [2.24, 2.45) is 5.92 Å². The molecule has 0 saturated carbocycles. The Labute approximate surface area is 108 Å². The summed E-state index contributed by atoms with van der Waals surface area (Å²) < 4.78 is 10.4. The molecule has 4 nitrogen and oxygen atoms in total. The maximum absolute atomic E-state index is 10.0. The van der Waals surface area contributed by atoms with Gasteiger partial charge in [0.1, 0.15) is 5.75 Å². The smallest absolute Gasteiger partial charge is 0.164 e. The van der Waals surface area contributed by atoms with Crippen LogP contribution in [0.5, 0.6) is 17.2 Å². The molecule has 1 saturated heterocycles. The molecule has 0 spiro atoms. The lowest BCUT2D eigenvalue weighted by atomic mass is 9.90. The second-order valence-corrected chi connectivity index (χ2v) is 4.73. The molecule has 2 N–H and O–H groups in total. The minimum atomic E-state index is 0.297. The average Bonchev–Trinajstić information content (AvgIpc) is 2.41. The number of hydrogen-bond acceptors (Lipinski definition) is 4. The van der Waals surface area contributed by atoms with Gasteiger partial charge in [0, 0.05) is 6.07 Å². The third kappa shape index (κ3) is 2.88. The molecule has 1 aromatic carbocycles. The quantitative estimate of drug-likeness (QED) is 0.859. The van der Waals surface area contributed by atoms with Gasteiger partial charge in [-0.15, -0.1) is 0 Å². The maximum Gasteiger partial charge on any atom is 0.164 e. The fourth-order valence-corrected chi connectivity index (χ4v) is 2.47. The van der Waals surface area contributed by atoms with E-state index in [0.29, 0.717) is 23.2 Å². The highest BCUT2D eigenvalue weighted by Crippen LogP contribution is 2.35. The molecule has 18 heavy (non-hydrogen) atoms. The number of aromatic hydroxyl groups is 1. The molecule has 4 heteroatoms. The molecule has 1 aliphatic heterocycles. The highest BCUT2D eigenvalue weighted by atomic mass is 16.5. The van der Waals surface area contributed by atoms with Crippen LogP contribution in [0.4, 0.5) is 0 Å². The first-order chi connectivity index (χ1) is 8.74. The van der Waals surface area contributed by atoms with E-state index in [2.05, 4.69) is 5.32 Å². The van der Waals surface area contributed by atoms with Crippen molar-refractivity contribution in [3.63, 3.8) is 0 Å². The second-order valence-electron chi connectivity index (χ2n) is 4.73. The Morgan fingerprint density at radius 3 is 2.39 bits per heavy atom. The third-order valence-corrected chi connectivity index (χ3v) is 3.55. The molecule has 0 atom stereocenters. The van der Waals surface area contributed by atoms with Gasteiger partial charge in [0.2, 0.25) is 0 Å². The summed E-state index contributed by atoms with van der Waals surface area (Å²) in [4.78, 5) is 0. The average molecular weight is 251 g/mol. The van der Waals surface area contributed by atoms with Crippen LogP contribution in [0, 0.1) is 5.92 Å². The van der Waals surface area contributed by atoms with Crippen LogP contribution in [-0.2, 0) is 6.42 Å². The van der Waals surface area contributed by atoms with E-state index in [-0.39, 0.29) is 0 Å². The maximum atomic E-state index is 10.0. The van der Waals surface area contributed by atoms with Crippen LogP contribution in [0.1, 0.15) is 18.4 Å². The van der Waals surface area contributed by atoms with Gasteiger partial charge < -0.3 is 19.9 Å². The van der Waals surface area contributed by atoms with E-state index in [4.69, 9.17) is 9.47 Å². The molecule has 0 aromatic heterocycles. The summed E-state index contributed by atoms with van der Waals surface area (Å²) in [5, 5.41) is 13.4. The van der Waals surface area contributed by atoms with Crippen molar-refractivity contribution in [1.29, 1.82) is 0 Å². The van der Waals surface area contributed by atoms with Crippen molar-refractivity contribution in [3.05, 3.63) is 17.7 Å². The SMILES string of the molecule is COc1cc(O)c(CC2CCNCC2)cc1OC. The highest BCUT2D eigenvalue weighted by molar-refractivity contribution is 5.50. The van der Waals surface area contributed by atoms with Crippen LogP contribution in [0.2, 0.25) is 0 Å². The second kappa shape index (κ2) is 5.96. The Balaban J connectivity index is 2.16. The summed E-state index contributed by atoms with van der Waals surface area (Å²) in [5.74, 6) is 2.18. The number of phenols is 1. The zero-order valence-corrected chi connectivity index (χ0v) is 11.0. The van der Waals surface area contributed by atoms with Crippen LogP contribution in [0.3, 0.4) is 0 Å². The van der Waals surface area contributed by atoms with E-state index in [9.17, 15) is 5.11 Å². The van der Waals surface area contributed by atoms with Crippen molar-refractivity contribution < 1.29 is 14.6 Å². The number of benzene rings is 1. The number of hydrogen-bond donors (Lipinski definition) is 2. The fraction of sp³-hybridized carbons (Fsp3) is 0.571. The molecule has 0 aliphatic carbocycles. The first kappa shape index (κ1) is 13.0. The Kier molecular flexibility index (Phi) is 4.31. The lowest BCUT2D eigenvalue weighted by Crippen LogP contribution is -2.28. The predicted octanol–water partition coefficient (Wildman–Crippen LogP) is 1.95. The van der Waals surface area contributed by atoms with E-state index < -0.39 is 0 Å². The van der Waals surface area contributed by atoms with Crippen LogP contribution < -0.4 is 14.8 Å². The van der Waals surface area contributed by atoms with Crippen LogP contribution >= 0.6 is 0 Å². The van der Waals surface area contributed by atoms with Gasteiger partial charge in [-0.3, -0.25) is 0 Å². The van der Waals surface area contributed by atoms with Crippen molar-refractivity contribution in [2.75, 3.05) is 27.3 Å². The van der Waals surface area contributed by atoms with E-state index >= 15 is 0 Å². The van der Waals surface area contributed by atoms with Crippen molar-refractivity contribution in [3.8, 4) is 17.2 Å². The van der Waals surface area contributed by atoms with Gasteiger partial charge in [-0.25, -0.2) is 0 Å². The van der Waals surface area contributed by atoms with Gasteiger partial charge in [0.25, 0.3) is 0 Å². The molecule has 0 bridgehead atoms. The summed E-state index contributed by atoms with van der Waals surface area (Å²) in [5.41, 5.74) is 0.944. The molecule has 0 radical (unpaired) electrons. The first-order valence-electron chi connectivity index (χ1n) is 6.39. The number of ether oxygens (including phenoxy) is 2. The Morgan fingerprint density at radius 1 is 1.17 bits per heavy atom. The first-order valence-corrected chi connectivity index (χ1v) is 6.39. The van der Waals surface area contributed by atoms with Gasteiger partial charge in [0.05, 0.1) is 14.2 Å². The van der Waals surface area contributed by atoms with Gasteiger partial charge in [0.15, 0.2) is 11.5 Å². The van der Waals surface area contributed by atoms with E-state index in [1.165, 1.54) is 0 Å². The zero-order valence-electron chi connectivity index (χ0n) is 11.0. The van der Waals surface area contributed by atoms with Crippen molar-refractivity contribution >= 4 is 0 Å². The lowest BCUT2D eigenvalue weighted by molar-refractivity contribution is 0.344. The summed E-state index contributed by atoms with van der Waals surface area (Å²) in [6.45, 7) is 2.14. The van der Waals surface area contributed by atoms with Crippen molar-refractivity contribution in [1.82, 2.24) is 5.32 Å². The van der Waals surface area contributed by atoms with E-state index in [1.54, 1.807) is 20.3 Å². The Hall–Kier alpha value is -1.42. The number of rotatable bonds is 4. The van der Waals surface area contributed by atoms with Gasteiger partial charge >= 0.3 is 0 Å². The molecule has 0 unspecified atom stereocenters. The summed E-state index contributed by atoms with van der Waals surface area (Å²) in [6.07, 6.45) is 3.22. The molecular formula is C14H21NO3. The Bertz CT molecular complexity index is 400. The number of methoxy groups -OCH3 is 2. The van der Waals surface area contributed by atoms with Gasteiger partial charge in [-0.1, -0.05) is 0 Å². The van der Waals surface area contributed by atoms with Crippen molar-refractivity contribution in [2.45, 2.75) is 19.3 Å². The number of piperidine rings is 1. The lowest BCUT2D eigenvalue weighted by Gasteiger charge is -2.23. The molecule has 2 rings (SSSR count). The minimum Gasteiger partial charge on any atom is -0.508 e. The molecular weight excluding hydrogens is 230 g/mol. The number of phenolic OH excluding ortho intramolecular Hbond substituents is 1. The predicted molar refractivity (Wildman–Crippen MR) is 70.5 cm³/mol. The van der Waals surface area contributed by atoms with Crippen LogP contribution in [0.15, 0.2) is 12.1 Å². The standard InChI is InChI=1S/C14H21NO3/c1-17-13-8-11(12(16)9-14(13)18-2)7-10-3-5-15-6-4-10/h8-10,15-16H,3-7H2,1-2H3. The topological polar surface area (TPSA) is 50.7 Å². The van der Waals surface area contributed by atoms with Gasteiger partial charge in [-0.2, -0.15) is 0 Å². The molecule has 100 valence electrons. The number of nitrogens with one attached hydrogen (secondary N) is 1. The van der Waals surface area contributed by atoms with Gasteiger partial charge in [-0.05, 0) is 49.9 Å². The normalized spacial score (nSPS) is 16.6. The van der Waals surface area contributed by atoms with Crippen LogP contribution in [-0.4, -0.2) is 32.4 Å². The van der Waals surface area contributed by atoms with E-state index in [0.717, 1.165) is 37.9 Å². The summed E-state index contributed by atoms with van der Waals surface area (Å²) in [6, 6.07) is 3.52. The third-order valence-electron chi connectivity index (χ3n) is 3.55. The zero-order chi connectivity index (χ0) is 13.0. The fourth-order valence-electron chi connectivity index (χ4n) is 2.47. The minimum absolute atomic E-state index is 0.297. The molecule has 0 amide bonds.